The Balaban J connectivity index is 2.09. The van der Waals surface area contributed by atoms with Crippen molar-refractivity contribution in [2.75, 3.05) is 23.7 Å². The van der Waals surface area contributed by atoms with Gasteiger partial charge in [0.05, 0.1) is 22.5 Å². The number of hydrogen-bond acceptors (Lipinski definition) is 4. The van der Waals surface area contributed by atoms with E-state index in [4.69, 9.17) is 23.2 Å². The van der Waals surface area contributed by atoms with Crippen LogP contribution < -0.4 is 9.62 Å². The summed E-state index contributed by atoms with van der Waals surface area (Å²) in [4.78, 5) is 28.9. The number of benzene rings is 3. The van der Waals surface area contributed by atoms with Crippen LogP contribution >= 0.6 is 23.2 Å². The Morgan fingerprint density at radius 3 is 2.16 bits per heavy atom. The molecule has 3 aromatic rings. The first-order valence-corrected chi connectivity index (χ1v) is 15.9. The van der Waals surface area contributed by atoms with E-state index in [1.165, 1.54) is 4.90 Å². The Morgan fingerprint density at radius 1 is 0.930 bits per heavy atom. The van der Waals surface area contributed by atoms with E-state index in [1.54, 1.807) is 54.6 Å². The van der Waals surface area contributed by atoms with Gasteiger partial charge >= 0.3 is 6.18 Å². The second-order valence-corrected chi connectivity index (χ2v) is 13.2. The molecule has 0 aliphatic carbocycles. The first-order chi connectivity index (χ1) is 20.1. The molecule has 0 aliphatic heterocycles. The molecule has 3 aromatic carbocycles. The summed E-state index contributed by atoms with van der Waals surface area (Å²) in [6.07, 6.45) is -4.00. The molecule has 3 rings (SSSR count). The van der Waals surface area contributed by atoms with Crippen molar-refractivity contribution in [3.63, 3.8) is 0 Å². The monoisotopic (exact) mass is 657 g/mol. The molecule has 1 atom stereocenters. The molecule has 0 saturated heterocycles. The van der Waals surface area contributed by atoms with Crippen molar-refractivity contribution in [3.05, 3.63) is 99.5 Å². The predicted octanol–water partition coefficient (Wildman–Crippen LogP) is 6.19. The number of alkyl halides is 3. The summed E-state index contributed by atoms with van der Waals surface area (Å²) in [5.41, 5.74) is -0.353. The second kappa shape index (κ2) is 14.5. The minimum absolute atomic E-state index is 0.0924. The first-order valence-electron chi connectivity index (χ1n) is 13.3. The summed E-state index contributed by atoms with van der Waals surface area (Å²) >= 11 is 11.9. The highest BCUT2D eigenvalue weighted by Gasteiger charge is 2.36. The number of sulfonamides is 1. The van der Waals surface area contributed by atoms with Gasteiger partial charge in [-0.2, -0.15) is 13.2 Å². The SMILES string of the molecule is CC(C)CNC(=O)C(Cc1ccccc1)N(Cc1cccc(Cl)c1)C(=O)CN(c1ccc(Cl)c(C(F)(F)F)c1)S(C)(=O)=O. The molecule has 0 heterocycles. The molecule has 7 nitrogen and oxygen atoms in total. The van der Waals surface area contributed by atoms with E-state index in [0.717, 1.165) is 24.0 Å². The molecular weight excluding hydrogens is 626 g/mol. The minimum Gasteiger partial charge on any atom is -0.354 e. The van der Waals surface area contributed by atoms with Crippen molar-refractivity contribution in [2.45, 2.75) is 39.0 Å². The summed E-state index contributed by atoms with van der Waals surface area (Å²) in [6, 6.07) is 17.1. The van der Waals surface area contributed by atoms with Gasteiger partial charge in [-0.1, -0.05) is 79.5 Å². The molecule has 0 fully saturated rings. The summed E-state index contributed by atoms with van der Waals surface area (Å²) in [5.74, 6) is -1.17. The maximum atomic E-state index is 14.0. The first kappa shape index (κ1) is 34.2. The standard InChI is InChI=1S/C30H32Cl2F3N3O4S/c1-20(2)17-36-29(40)27(15-21-8-5-4-6-9-21)37(18-22-10-7-11-23(31)14-22)28(39)19-38(43(3,41)42)24-12-13-26(32)25(16-24)30(33,34)35/h4-14,16,20,27H,15,17-19H2,1-3H3,(H,36,40). The van der Waals surface area contributed by atoms with E-state index in [9.17, 15) is 31.2 Å². The quantitative estimate of drug-likeness (QED) is 0.252. The average Bonchev–Trinajstić information content (AvgIpc) is 2.92. The fraction of sp³-hybridized carbons (Fsp3) is 0.333. The molecule has 13 heteroatoms. The van der Waals surface area contributed by atoms with Crippen LogP contribution in [-0.2, 0) is 38.8 Å². The highest BCUT2D eigenvalue weighted by molar-refractivity contribution is 7.92. The molecule has 0 saturated carbocycles. The van der Waals surface area contributed by atoms with Gasteiger partial charge in [0, 0.05) is 24.5 Å². The molecule has 0 aromatic heterocycles. The lowest BCUT2D eigenvalue weighted by Gasteiger charge is -2.33. The molecule has 1 N–H and O–H groups in total. The molecule has 0 aliphatic rings. The number of halogens is 5. The summed E-state index contributed by atoms with van der Waals surface area (Å²) < 4.78 is 67.1. The fourth-order valence-electron chi connectivity index (χ4n) is 4.31. The zero-order valence-corrected chi connectivity index (χ0v) is 26.1. The third-order valence-electron chi connectivity index (χ3n) is 6.42. The van der Waals surface area contributed by atoms with Gasteiger partial charge in [-0.25, -0.2) is 8.42 Å². The normalized spacial score (nSPS) is 12.6. The van der Waals surface area contributed by atoms with E-state index in [2.05, 4.69) is 5.32 Å². The Kier molecular flexibility index (Phi) is 11.5. The van der Waals surface area contributed by atoms with Crippen LogP contribution in [0.25, 0.3) is 0 Å². The minimum atomic E-state index is -4.87. The summed E-state index contributed by atoms with van der Waals surface area (Å²) in [7, 11) is -4.27. The molecule has 0 spiro atoms. The van der Waals surface area contributed by atoms with Crippen LogP contribution in [0.2, 0.25) is 10.0 Å². The third-order valence-corrected chi connectivity index (χ3v) is 8.13. The summed E-state index contributed by atoms with van der Waals surface area (Å²) in [6.45, 7) is 3.14. The second-order valence-electron chi connectivity index (χ2n) is 10.4. The van der Waals surface area contributed by atoms with Gasteiger partial charge in [0.15, 0.2) is 0 Å². The number of carbonyl (C=O) groups is 2. The number of hydrogen-bond donors (Lipinski definition) is 1. The Hall–Kier alpha value is -3.28. The van der Waals surface area contributed by atoms with Crippen molar-refractivity contribution in [1.82, 2.24) is 10.2 Å². The average molecular weight is 659 g/mol. The topological polar surface area (TPSA) is 86.8 Å². The number of nitrogens with one attached hydrogen (secondary N) is 1. The van der Waals surface area contributed by atoms with Crippen LogP contribution in [-0.4, -0.2) is 50.5 Å². The van der Waals surface area contributed by atoms with E-state index in [0.29, 0.717) is 27.5 Å². The van der Waals surface area contributed by atoms with Gasteiger partial charge in [0.1, 0.15) is 12.6 Å². The van der Waals surface area contributed by atoms with E-state index < -0.39 is 56.9 Å². The van der Waals surface area contributed by atoms with Crippen LogP contribution in [0.4, 0.5) is 18.9 Å². The van der Waals surface area contributed by atoms with Crippen molar-refractivity contribution in [3.8, 4) is 0 Å². The Morgan fingerprint density at radius 2 is 1.58 bits per heavy atom. The number of carbonyl (C=O) groups excluding carboxylic acids is 2. The molecule has 43 heavy (non-hydrogen) atoms. The number of rotatable bonds is 12. The molecule has 0 bridgehead atoms. The van der Waals surface area contributed by atoms with Gasteiger partial charge < -0.3 is 10.2 Å². The number of nitrogens with zero attached hydrogens (tertiary/aromatic N) is 2. The third kappa shape index (κ3) is 9.87. The van der Waals surface area contributed by atoms with Crippen molar-refractivity contribution in [2.24, 2.45) is 5.92 Å². The maximum Gasteiger partial charge on any atom is 0.417 e. The lowest BCUT2D eigenvalue weighted by molar-refractivity contribution is -0.140. The highest BCUT2D eigenvalue weighted by atomic mass is 35.5. The molecule has 232 valence electrons. The summed E-state index contributed by atoms with van der Waals surface area (Å²) in [5, 5.41) is 2.61. The molecular formula is C30H32Cl2F3N3O4S. The zero-order valence-electron chi connectivity index (χ0n) is 23.7. The zero-order chi connectivity index (χ0) is 31.9. The lowest BCUT2D eigenvalue weighted by Crippen LogP contribution is -2.53. The molecule has 2 amide bonds. The highest BCUT2D eigenvalue weighted by Crippen LogP contribution is 2.37. The van der Waals surface area contributed by atoms with Crippen molar-refractivity contribution >= 4 is 50.7 Å². The smallest absolute Gasteiger partial charge is 0.354 e. The molecule has 1 unspecified atom stereocenters. The van der Waals surface area contributed by atoms with Gasteiger partial charge in [-0.05, 0) is 47.4 Å². The van der Waals surface area contributed by atoms with Gasteiger partial charge in [0.25, 0.3) is 0 Å². The molecule has 0 radical (unpaired) electrons. The van der Waals surface area contributed by atoms with Crippen molar-refractivity contribution < 1.29 is 31.2 Å². The van der Waals surface area contributed by atoms with Crippen molar-refractivity contribution in [1.29, 1.82) is 0 Å². The van der Waals surface area contributed by atoms with Gasteiger partial charge in [0.2, 0.25) is 21.8 Å². The van der Waals surface area contributed by atoms with E-state index in [-0.39, 0.29) is 18.9 Å². The van der Waals surface area contributed by atoms with Crippen LogP contribution in [0.15, 0.2) is 72.8 Å². The Labute approximate surface area is 259 Å². The van der Waals surface area contributed by atoms with Gasteiger partial charge in [-0.15, -0.1) is 0 Å². The van der Waals surface area contributed by atoms with E-state index in [1.807, 2.05) is 13.8 Å². The van der Waals surface area contributed by atoms with Crippen LogP contribution in [0, 0.1) is 5.92 Å². The van der Waals surface area contributed by atoms with Gasteiger partial charge in [-0.3, -0.25) is 13.9 Å². The number of amides is 2. The maximum absolute atomic E-state index is 14.0. The van der Waals surface area contributed by atoms with Crippen LogP contribution in [0.5, 0.6) is 0 Å². The van der Waals surface area contributed by atoms with E-state index >= 15 is 0 Å². The fourth-order valence-corrected chi connectivity index (χ4v) is 5.59. The van der Waals surface area contributed by atoms with Crippen LogP contribution in [0.3, 0.4) is 0 Å². The lowest BCUT2D eigenvalue weighted by atomic mass is 10.0. The number of anilines is 1. The predicted molar refractivity (Wildman–Crippen MR) is 162 cm³/mol. The van der Waals surface area contributed by atoms with Crippen LogP contribution in [0.1, 0.15) is 30.5 Å². The largest absolute Gasteiger partial charge is 0.417 e. The Bertz CT molecular complexity index is 1540.